The van der Waals surface area contributed by atoms with E-state index in [0.717, 1.165) is 5.01 Å². The Morgan fingerprint density at radius 2 is 1.53 bits per heavy atom. The minimum absolute atomic E-state index is 0.294. The summed E-state index contributed by atoms with van der Waals surface area (Å²) in [7, 11) is 0. The minimum atomic E-state index is -1.43. The molecule has 0 heterocycles. The summed E-state index contributed by atoms with van der Waals surface area (Å²) in [4.78, 5) is 37.5. The van der Waals surface area contributed by atoms with Crippen LogP contribution in [0.25, 0.3) is 0 Å². The third-order valence-electron chi connectivity index (χ3n) is 4.24. The highest BCUT2D eigenvalue weighted by molar-refractivity contribution is 5.89. The van der Waals surface area contributed by atoms with Gasteiger partial charge in [-0.25, -0.2) is 24.8 Å². The van der Waals surface area contributed by atoms with E-state index < -0.39 is 48.6 Å². The Balaban J connectivity index is 3.19. The summed E-state index contributed by atoms with van der Waals surface area (Å²) in [5, 5.41) is 12.0. The summed E-state index contributed by atoms with van der Waals surface area (Å²) in [5.41, 5.74) is 2.64. The Morgan fingerprint density at radius 3 is 2.00 bits per heavy atom. The van der Waals surface area contributed by atoms with E-state index in [9.17, 15) is 19.5 Å². The molecule has 1 rings (SSSR count). The van der Waals surface area contributed by atoms with Crippen LogP contribution in [0.1, 0.15) is 51.9 Å². The molecule has 2 N–H and O–H groups in total. The molecule has 0 aliphatic heterocycles. The van der Waals surface area contributed by atoms with Crippen LogP contribution >= 0.6 is 0 Å². The number of amides is 2. The lowest BCUT2D eigenvalue weighted by atomic mass is 9.94. The lowest BCUT2D eigenvalue weighted by molar-refractivity contribution is -0.0605. The molecule has 0 aliphatic rings. The van der Waals surface area contributed by atoms with Crippen molar-refractivity contribution >= 4 is 18.2 Å². The number of rotatable bonds is 9. The Bertz CT molecular complexity index is 765. The molecule has 0 aliphatic carbocycles. The van der Waals surface area contributed by atoms with Crippen molar-refractivity contribution in [1.29, 1.82) is 0 Å². The topological polar surface area (TPSA) is 114 Å². The number of nitrogens with one attached hydrogen (secondary N) is 1. The average Bonchev–Trinajstić information content (AvgIpc) is 2.70. The fraction of sp³-hybridized carbons (Fsp3) is 0.522. The van der Waals surface area contributed by atoms with Crippen molar-refractivity contribution < 1.29 is 33.7 Å². The minimum Gasteiger partial charge on any atom is -0.452 e. The molecule has 2 amide bonds. The third kappa shape index (κ3) is 8.22. The smallest absolute Gasteiger partial charge is 0.429 e. The number of benzene rings is 1. The number of nitrogens with zero attached hydrogens (tertiary/aromatic N) is 1. The molecule has 1 aromatic rings. The van der Waals surface area contributed by atoms with Crippen molar-refractivity contribution in [2.24, 2.45) is 5.92 Å². The van der Waals surface area contributed by atoms with Crippen LogP contribution in [0, 0.1) is 5.92 Å². The Kier molecular flexibility index (Phi) is 10.7. The van der Waals surface area contributed by atoms with Crippen LogP contribution in [0.3, 0.4) is 0 Å². The van der Waals surface area contributed by atoms with Crippen LogP contribution in [0.5, 0.6) is 0 Å². The summed E-state index contributed by atoms with van der Waals surface area (Å²) in [5.74, 6) is -1.05. The van der Waals surface area contributed by atoms with Gasteiger partial charge in [0, 0.05) is 0 Å². The van der Waals surface area contributed by atoms with Gasteiger partial charge in [0.2, 0.25) is 0 Å². The molecule has 0 bridgehead atoms. The molecule has 1 aromatic carbocycles. The van der Waals surface area contributed by atoms with Crippen molar-refractivity contribution in [2.75, 3.05) is 0 Å². The molecule has 178 valence electrons. The third-order valence-corrected chi connectivity index (χ3v) is 4.24. The zero-order valence-corrected chi connectivity index (χ0v) is 19.5. The monoisotopic (exact) mass is 450 g/mol. The molecular weight excluding hydrogens is 416 g/mol. The van der Waals surface area contributed by atoms with E-state index in [0.29, 0.717) is 5.56 Å². The molecule has 9 heteroatoms. The predicted octanol–water partition coefficient (Wildman–Crippen LogP) is 3.68. The van der Waals surface area contributed by atoms with Crippen molar-refractivity contribution in [3.8, 4) is 0 Å². The van der Waals surface area contributed by atoms with Crippen LogP contribution in [-0.2, 0) is 14.2 Å². The van der Waals surface area contributed by atoms with Crippen LogP contribution in [0.2, 0.25) is 0 Å². The van der Waals surface area contributed by atoms with Gasteiger partial charge in [0.25, 0.3) is 0 Å². The van der Waals surface area contributed by atoms with Crippen molar-refractivity contribution in [1.82, 2.24) is 10.4 Å². The van der Waals surface area contributed by atoms with Gasteiger partial charge in [0.15, 0.2) is 0 Å². The van der Waals surface area contributed by atoms with E-state index in [4.69, 9.17) is 14.2 Å². The largest absolute Gasteiger partial charge is 0.452 e. The second-order valence-corrected chi connectivity index (χ2v) is 8.07. The molecule has 0 saturated heterocycles. The quantitative estimate of drug-likeness (QED) is 0.255. The van der Waals surface area contributed by atoms with E-state index in [1.54, 1.807) is 71.9 Å². The van der Waals surface area contributed by atoms with Gasteiger partial charge in [-0.2, -0.15) is 0 Å². The summed E-state index contributed by atoms with van der Waals surface area (Å²) in [6.07, 6.45) is -4.05. The molecule has 0 fully saturated rings. The lowest BCUT2D eigenvalue weighted by Gasteiger charge is -2.38. The number of hydrazine groups is 1. The van der Waals surface area contributed by atoms with Gasteiger partial charge >= 0.3 is 18.2 Å². The van der Waals surface area contributed by atoms with E-state index >= 15 is 0 Å². The van der Waals surface area contributed by atoms with Crippen molar-refractivity contribution in [3.05, 3.63) is 48.6 Å². The van der Waals surface area contributed by atoms with Gasteiger partial charge in [0.1, 0.15) is 12.2 Å². The van der Waals surface area contributed by atoms with Gasteiger partial charge in [-0.1, -0.05) is 38.6 Å². The molecule has 3 atom stereocenters. The molecule has 0 unspecified atom stereocenters. The van der Waals surface area contributed by atoms with Gasteiger partial charge < -0.3 is 19.3 Å². The van der Waals surface area contributed by atoms with Gasteiger partial charge in [-0.3, -0.25) is 0 Å². The molecule has 0 saturated carbocycles. The van der Waals surface area contributed by atoms with E-state index in [1.165, 1.54) is 6.08 Å². The normalized spacial score (nSPS) is 13.8. The molecule has 9 nitrogen and oxygen atoms in total. The summed E-state index contributed by atoms with van der Waals surface area (Å²) < 4.78 is 15.7. The highest BCUT2D eigenvalue weighted by Crippen LogP contribution is 2.21. The van der Waals surface area contributed by atoms with Crippen LogP contribution in [-0.4, -0.2) is 58.7 Å². The number of ether oxygens (including phenoxy) is 3. The summed E-state index contributed by atoms with van der Waals surface area (Å²) in [6, 6.07) is 7.23. The standard InChI is InChI=1S/C23H34N2O7/c1-8-18(32-21(27)17-12-10-9-11-13-17)20(26)19(14(2)3)25(23(29)31-16(6)7)24-22(28)30-15(4)5/h8-16,18-20,26H,1H2,2-7H3,(H,24,28)/t18-,19+,20-/m0/s1. The highest BCUT2D eigenvalue weighted by atomic mass is 16.6. The van der Waals surface area contributed by atoms with E-state index in [-0.39, 0.29) is 5.92 Å². The molecular formula is C23H34N2O7. The molecule has 0 radical (unpaired) electrons. The second kappa shape index (κ2) is 12.7. The summed E-state index contributed by atoms with van der Waals surface area (Å²) in [6.45, 7) is 13.7. The average molecular weight is 451 g/mol. The molecule has 0 aromatic heterocycles. The first-order chi connectivity index (χ1) is 15.0. The number of aliphatic hydroxyl groups excluding tert-OH is 1. The van der Waals surface area contributed by atoms with E-state index in [2.05, 4.69) is 12.0 Å². The number of aliphatic hydroxyl groups is 1. The van der Waals surface area contributed by atoms with Crippen LogP contribution in [0.4, 0.5) is 9.59 Å². The number of carbonyl (C=O) groups excluding carboxylic acids is 3. The maximum Gasteiger partial charge on any atom is 0.429 e. The lowest BCUT2D eigenvalue weighted by Crippen LogP contribution is -2.61. The van der Waals surface area contributed by atoms with E-state index in [1.807, 2.05) is 0 Å². The Morgan fingerprint density at radius 1 is 0.969 bits per heavy atom. The van der Waals surface area contributed by atoms with Crippen molar-refractivity contribution in [3.63, 3.8) is 0 Å². The number of esters is 1. The van der Waals surface area contributed by atoms with Gasteiger partial charge in [-0.15, -0.1) is 0 Å². The number of hydrogen-bond donors (Lipinski definition) is 2. The predicted molar refractivity (Wildman–Crippen MR) is 119 cm³/mol. The highest BCUT2D eigenvalue weighted by Gasteiger charge is 2.40. The fourth-order valence-corrected chi connectivity index (χ4v) is 2.90. The first-order valence-corrected chi connectivity index (χ1v) is 10.5. The zero-order chi connectivity index (χ0) is 24.4. The Hall–Kier alpha value is -3.07. The van der Waals surface area contributed by atoms with Crippen LogP contribution in [0.15, 0.2) is 43.0 Å². The molecule has 32 heavy (non-hydrogen) atoms. The van der Waals surface area contributed by atoms with Gasteiger partial charge in [-0.05, 0) is 51.8 Å². The SMILES string of the molecule is C=C[C@H](OC(=O)c1ccccc1)[C@H](O)[C@@H](C(C)C)N(NC(=O)OC(C)C)C(=O)OC(C)C. The first kappa shape index (κ1) is 27.0. The summed E-state index contributed by atoms with van der Waals surface area (Å²) >= 11 is 0. The van der Waals surface area contributed by atoms with Crippen molar-refractivity contribution in [2.45, 2.75) is 72.0 Å². The first-order valence-electron chi connectivity index (χ1n) is 10.5. The number of carbonyl (C=O) groups is 3. The molecule has 0 spiro atoms. The maximum atomic E-state index is 12.8. The second-order valence-electron chi connectivity index (χ2n) is 8.07. The maximum absolute atomic E-state index is 12.8. The number of hydrogen-bond acceptors (Lipinski definition) is 7. The van der Waals surface area contributed by atoms with Crippen LogP contribution < -0.4 is 5.43 Å². The Labute approximate surface area is 189 Å². The van der Waals surface area contributed by atoms with Gasteiger partial charge in [0.05, 0.1) is 23.8 Å². The zero-order valence-electron chi connectivity index (χ0n) is 19.5. The fourth-order valence-electron chi connectivity index (χ4n) is 2.90.